The van der Waals surface area contributed by atoms with Crippen LogP contribution >= 0.6 is 15.9 Å². The number of morpholine rings is 1. The van der Waals surface area contributed by atoms with Gasteiger partial charge in [-0.25, -0.2) is 0 Å². The molecule has 2 fully saturated rings. The number of hydrogen-bond donors (Lipinski definition) is 1. The number of carbonyl (C=O) groups is 1. The molecule has 0 saturated carbocycles. The monoisotopic (exact) mass is 304 g/mol. The fourth-order valence-electron chi connectivity index (χ4n) is 2.52. The number of carbonyl (C=O) groups excluding carboxylic acids is 1. The smallest absolute Gasteiger partial charge is 0.233 e. The quantitative estimate of drug-likeness (QED) is 0.792. The van der Waals surface area contributed by atoms with E-state index in [0.717, 1.165) is 19.6 Å². The Morgan fingerprint density at radius 2 is 2.47 bits per heavy atom. The van der Waals surface area contributed by atoms with Crippen molar-refractivity contribution in [3.05, 3.63) is 0 Å². The first-order valence-corrected chi connectivity index (χ1v) is 7.39. The number of fused-ring (bicyclic) bond motifs is 1. The van der Waals surface area contributed by atoms with Crippen LogP contribution in [0.4, 0.5) is 0 Å². The Bertz CT molecular complexity index is 275. The summed E-state index contributed by atoms with van der Waals surface area (Å²) >= 11 is 3.35. The first kappa shape index (κ1) is 13.3. The summed E-state index contributed by atoms with van der Waals surface area (Å²) in [6.07, 6.45) is 3.51. The van der Waals surface area contributed by atoms with Gasteiger partial charge < -0.3 is 10.1 Å². The highest BCUT2D eigenvalue weighted by Gasteiger charge is 2.32. The maximum atomic E-state index is 11.6. The van der Waals surface area contributed by atoms with Crippen LogP contribution in [0.15, 0.2) is 0 Å². The molecule has 3 unspecified atom stereocenters. The van der Waals surface area contributed by atoms with E-state index in [-0.39, 0.29) is 16.8 Å². The molecule has 2 saturated heterocycles. The molecule has 2 heterocycles. The maximum Gasteiger partial charge on any atom is 0.233 e. The van der Waals surface area contributed by atoms with Crippen LogP contribution in [0.5, 0.6) is 0 Å². The minimum absolute atomic E-state index is 0.0691. The van der Waals surface area contributed by atoms with Gasteiger partial charge in [-0.3, -0.25) is 9.69 Å². The molecule has 0 spiro atoms. The zero-order chi connectivity index (χ0) is 12.3. The summed E-state index contributed by atoms with van der Waals surface area (Å²) in [7, 11) is 0. The van der Waals surface area contributed by atoms with Crippen molar-refractivity contribution in [2.24, 2.45) is 0 Å². The summed E-state index contributed by atoms with van der Waals surface area (Å²) in [5.74, 6) is 0.0691. The number of amides is 1. The van der Waals surface area contributed by atoms with E-state index in [9.17, 15) is 4.79 Å². The molecule has 0 radical (unpaired) electrons. The number of alkyl halides is 1. The molecule has 98 valence electrons. The Kier molecular flexibility index (Phi) is 4.82. The minimum Gasteiger partial charge on any atom is -0.373 e. The summed E-state index contributed by atoms with van der Waals surface area (Å²) < 4.78 is 5.78. The maximum absolute atomic E-state index is 11.6. The first-order chi connectivity index (χ1) is 8.20. The van der Waals surface area contributed by atoms with E-state index in [1.54, 1.807) is 0 Å². The molecule has 0 aromatic rings. The van der Waals surface area contributed by atoms with E-state index in [0.29, 0.717) is 12.6 Å². The van der Waals surface area contributed by atoms with Crippen LogP contribution in [0, 0.1) is 0 Å². The van der Waals surface area contributed by atoms with Gasteiger partial charge in [0.1, 0.15) is 0 Å². The normalized spacial score (nSPS) is 30.9. The van der Waals surface area contributed by atoms with Gasteiger partial charge in [0.05, 0.1) is 17.5 Å². The fourth-order valence-corrected chi connectivity index (χ4v) is 2.68. The largest absolute Gasteiger partial charge is 0.373 e. The molecule has 0 aromatic carbocycles. The zero-order valence-electron chi connectivity index (χ0n) is 10.3. The van der Waals surface area contributed by atoms with Crippen molar-refractivity contribution in [1.29, 1.82) is 0 Å². The van der Waals surface area contributed by atoms with Crippen LogP contribution in [0.25, 0.3) is 0 Å². The highest BCUT2D eigenvalue weighted by Crippen LogP contribution is 2.22. The van der Waals surface area contributed by atoms with E-state index in [1.807, 2.05) is 6.92 Å². The Morgan fingerprint density at radius 1 is 1.65 bits per heavy atom. The average Bonchev–Trinajstić information content (AvgIpc) is 2.82. The van der Waals surface area contributed by atoms with Gasteiger partial charge in [-0.15, -0.1) is 0 Å². The average molecular weight is 305 g/mol. The molecular formula is C12H21BrN2O2. The standard InChI is InChI=1S/C12H21BrN2O2/c1-2-11(13)12(16)14-6-10-7-15-5-3-4-9(15)8-17-10/h9-11H,2-8H2,1H3,(H,14,16). The Morgan fingerprint density at radius 3 is 3.24 bits per heavy atom. The Labute approximate surface area is 111 Å². The number of hydrogen-bond acceptors (Lipinski definition) is 3. The minimum atomic E-state index is -0.0781. The molecular weight excluding hydrogens is 284 g/mol. The van der Waals surface area contributed by atoms with Gasteiger partial charge in [-0.1, -0.05) is 22.9 Å². The van der Waals surface area contributed by atoms with Crippen molar-refractivity contribution >= 4 is 21.8 Å². The van der Waals surface area contributed by atoms with E-state index in [1.165, 1.54) is 19.4 Å². The topological polar surface area (TPSA) is 41.6 Å². The van der Waals surface area contributed by atoms with Crippen LogP contribution in [0.3, 0.4) is 0 Å². The van der Waals surface area contributed by atoms with Gasteiger partial charge in [0.15, 0.2) is 0 Å². The van der Waals surface area contributed by atoms with Crippen molar-refractivity contribution in [3.8, 4) is 0 Å². The van der Waals surface area contributed by atoms with E-state index in [2.05, 4.69) is 26.1 Å². The van der Waals surface area contributed by atoms with E-state index < -0.39 is 0 Å². The Hall–Kier alpha value is -0.130. The second-order valence-electron chi connectivity index (χ2n) is 4.87. The third-order valence-electron chi connectivity index (χ3n) is 3.61. The molecule has 2 rings (SSSR count). The van der Waals surface area contributed by atoms with Crippen molar-refractivity contribution < 1.29 is 9.53 Å². The van der Waals surface area contributed by atoms with Gasteiger partial charge in [0.2, 0.25) is 5.91 Å². The van der Waals surface area contributed by atoms with Gasteiger partial charge in [-0.05, 0) is 25.8 Å². The first-order valence-electron chi connectivity index (χ1n) is 6.48. The lowest BCUT2D eigenvalue weighted by Gasteiger charge is -2.35. The summed E-state index contributed by atoms with van der Waals surface area (Å²) in [5.41, 5.74) is 0. The zero-order valence-corrected chi connectivity index (χ0v) is 11.9. The van der Waals surface area contributed by atoms with E-state index >= 15 is 0 Å². The third kappa shape index (κ3) is 3.42. The summed E-state index contributed by atoms with van der Waals surface area (Å²) in [6.45, 7) is 5.60. The Balaban J connectivity index is 1.71. The van der Waals surface area contributed by atoms with Gasteiger partial charge in [-0.2, -0.15) is 0 Å². The molecule has 2 aliphatic heterocycles. The second-order valence-corrected chi connectivity index (χ2v) is 5.97. The number of nitrogens with one attached hydrogen (secondary N) is 1. The molecule has 1 amide bonds. The molecule has 17 heavy (non-hydrogen) atoms. The van der Waals surface area contributed by atoms with Gasteiger partial charge in [0.25, 0.3) is 0 Å². The molecule has 4 nitrogen and oxygen atoms in total. The molecule has 0 aromatic heterocycles. The van der Waals surface area contributed by atoms with Gasteiger partial charge >= 0.3 is 0 Å². The molecule has 0 bridgehead atoms. The summed E-state index contributed by atoms with van der Waals surface area (Å²) in [4.78, 5) is 14.0. The number of nitrogens with zero attached hydrogens (tertiary/aromatic N) is 1. The third-order valence-corrected chi connectivity index (χ3v) is 4.67. The molecule has 0 aliphatic carbocycles. The molecule has 1 N–H and O–H groups in total. The van der Waals surface area contributed by atoms with Crippen LogP contribution in [0.1, 0.15) is 26.2 Å². The van der Waals surface area contributed by atoms with Crippen molar-refractivity contribution in [1.82, 2.24) is 10.2 Å². The van der Waals surface area contributed by atoms with Crippen LogP contribution in [-0.4, -0.2) is 54.0 Å². The lowest BCUT2D eigenvalue weighted by molar-refractivity contribution is -0.122. The predicted octanol–water partition coefficient (Wildman–Crippen LogP) is 1.14. The second kappa shape index (κ2) is 6.16. The molecule has 5 heteroatoms. The lowest BCUT2D eigenvalue weighted by Crippen LogP contribution is -2.50. The molecule has 3 atom stereocenters. The fraction of sp³-hybridized carbons (Fsp3) is 0.917. The molecule has 2 aliphatic rings. The summed E-state index contributed by atoms with van der Waals surface area (Å²) in [6, 6.07) is 0.626. The van der Waals surface area contributed by atoms with Crippen LogP contribution < -0.4 is 5.32 Å². The van der Waals surface area contributed by atoms with Crippen LogP contribution in [-0.2, 0) is 9.53 Å². The van der Waals surface area contributed by atoms with Crippen molar-refractivity contribution in [2.45, 2.75) is 43.2 Å². The van der Waals surface area contributed by atoms with Crippen molar-refractivity contribution in [2.75, 3.05) is 26.2 Å². The highest BCUT2D eigenvalue weighted by molar-refractivity contribution is 9.10. The van der Waals surface area contributed by atoms with E-state index in [4.69, 9.17) is 4.74 Å². The number of halogens is 1. The van der Waals surface area contributed by atoms with Gasteiger partial charge in [0, 0.05) is 19.1 Å². The highest BCUT2D eigenvalue weighted by atomic mass is 79.9. The van der Waals surface area contributed by atoms with Crippen LogP contribution in [0.2, 0.25) is 0 Å². The van der Waals surface area contributed by atoms with Crippen molar-refractivity contribution in [3.63, 3.8) is 0 Å². The summed E-state index contributed by atoms with van der Waals surface area (Å²) in [5, 5.41) is 2.95. The lowest BCUT2D eigenvalue weighted by atomic mass is 10.2. The number of ether oxygens (including phenoxy) is 1. The predicted molar refractivity (Wildman–Crippen MR) is 70.4 cm³/mol. The number of rotatable bonds is 4. The SMILES string of the molecule is CCC(Br)C(=O)NCC1CN2CCCC2CO1.